The van der Waals surface area contributed by atoms with Gasteiger partial charge in [0.15, 0.2) is 11.4 Å². The summed E-state index contributed by atoms with van der Waals surface area (Å²) in [5, 5.41) is 20.7. The number of carboxylic acid groups (broad SMARTS) is 1. The monoisotopic (exact) mass is 347 g/mol. The van der Waals surface area contributed by atoms with Crippen LogP contribution >= 0.6 is 0 Å². The average molecular weight is 347 g/mol. The van der Waals surface area contributed by atoms with E-state index in [9.17, 15) is 23.9 Å². The second-order valence-corrected chi connectivity index (χ2v) is 5.65. The number of nitrogens with zero attached hydrogens (tertiary/aromatic N) is 3. The molecule has 0 saturated heterocycles. The number of carboxylic acids is 1. The lowest BCUT2D eigenvalue weighted by Gasteiger charge is -2.38. The summed E-state index contributed by atoms with van der Waals surface area (Å²) in [6, 6.07) is 5.65. The van der Waals surface area contributed by atoms with E-state index in [4.69, 9.17) is 5.11 Å². The van der Waals surface area contributed by atoms with E-state index in [1.54, 1.807) is 17.1 Å². The van der Waals surface area contributed by atoms with E-state index in [0.717, 1.165) is 10.9 Å². The minimum atomic E-state index is -1.51. The largest absolute Gasteiger partial charge is 0.502 e. The zero-order valence-electron chi connectivity index (χ0n) is 13.1. The Balaban J connectivity index is 2.13. The number of benzene rings is 1. The maximum atomic E-state index is 13.1. The van der Waals surface area contributed by atoms with Crippen LogP contribution in [0, 0.1) is 5.82 Å². The van der Waals surface area contributed by atoms with Crippen molar-refractivity contribution >= 4 is 11.9 Å². The van der Waals surface area contributed by atoms with Gasteiger partial charge in [0.05, 0.1) is 6.54 Å². The van der Waals surface area contributed by atoms with E-state index >= 15 is 0 Å². The Bertz CT molecular complexity index is 923. The topological polar surface area (TPSA) is 103 Å². The predicted octanol–water partition coefficient (Wildman–Crippen LogP) is 0.573. The number of aromatic nitrogens is 1. The fourth-order valence-corrected chi connectivity index (χ4v) is 2.65. The molecule has 8 nitrogen and oxygen atoms in total. The second-order valence-electron chi connectivity index (χ2n) is 5.65. The Morgan fingerprint density at radius 2 is 1.88 bits per heavy atom. The van der Waals surface area contributed by atoms with Crippen LogP contribution in [-0.2, 0) is 6.54 Å². The van der Waals surface area contributed by atoms with Gasteiger partial charge in [0.25, 0.3) is 5.91 Å². The molecular weight excluding hydrogens is 333 g/mol. The molecule has 25 heavy (non-hydrogen) atoms. The number of amides is 1. The lowest BCUT2D eigenvalue weighted by molar-refractivity contribution is 0.0681. The summed E-state index contributed by atoms with van der Waals surface area (Å²) in [4.78, 5) is 36.8. The smallest absolute Gasteiger partial charge is 0.341 e. The van der Waals surface area contributed by atoms with Gasteiger partial charge in [-0.25, -0.2) is 9.18 Å². The Morgan fingerprint density at radius 1 is 1.24 bits per heavy atom. The van der Waals surface area contributed by atoms with Crippen LogP contribution in [0.4, 0.5) is 4.39 Å². The number of carbonyl (C=O) groups excluding carboxylic acids is 1. The van der Waals surface area contributed by atoms with Crippen LogP contribution in [0.1, 0.15) is 26.4 Å². The fourth-order valence-electron chi connectivity index (χ4n) is 2.65. The van der Waals surface area contributed by atoms with Crippen LogP contribution in [0.15, 0.2) is 35.3 Å². The van der Waals surface area contributed by atoms with Crippen LogP contribution in [0.3, 0.4) is 0 Å². The molecule has 0 saturated carbocycles. The van der Waals surface area contributed by atoms with Gasteiger partial charge in [-0.1, -0.05) is 12.1 Å². The summed E-state index contributed by atoms with van der Waals surface area (Å²) in [7, 11) is 1.48. The molecule has 0 fully saturated rings. The molecule has 0 bridgehead atoms. The average Bonchev–Trinajstić information content (AvgIpc) is 2.56. The van der Waals surface area contributed by atoms with Crippen molar-refractivity contribution in [2.24, 2.45) is 0 Å². The zero-order chi connectivity index (χ0) is 18.3. The van der Waals surface area contributed by atoms with Crippen molar-refractivity contribution in [2.45, 2.75) is 6.54 Å². The number of fused-ring (bicyclic) bond motifs is 1. The highest BCUT2D eigenvalue weighted by Gasteiger charge is 2.32. The van der Waals surface area contributed by atoms with Gasteiger partial charge < -0.3 is 15.1 Å². The van der Waals surface area contributed by atoms with Crippen molar-refractivity contribution in [1.29, 1.82) is 0 Å². The van der Waals surface area contributed by atoms with Gasteiger partial charge in [-0.15, -0.1) is 0 Å². The van der Waals surface area contributed by atoms with E-state index in [0.29, 0.717) is 5.56 Å². The first-order chi connectivity index (χ1) is 11.8. The van der Waals surface area contributed by atoms with Crippen LogP contribution < -0.4 is 10.4 Å². The van der Waals surface area contributed by atoms with Crippen molar-refractivity contribution in [3.8, 4) is 5.75 Å². The molecule has 0 aliphatic carbocycles. The minimum absolute atomic E-state index is 0.0879. The van der Waals surface area contributed by atoms with Crippen molar-refractivity contribution in [2.75, 3.05) is 18.7 Å². The van der Waals surface area contributed by atoms with Crippen molar-refractivity contribution in [1.82, 2.24) is 9.58 Å². The molecule has 1 amide bonds. The van der Waals surface area contributed by atoms with Crippen LogP contribution in [0.25, 0.3) is 0 Å². The van der Waals surface area contributed by atoms with Gasteiger partial charge in [-0.05, 0) is 17.7 Å². The molecule has 130 valence electrons. The van der Waals surface area contributed by atoms with E-state index in [1.807, 2.05) is 0 Å². The minimum Gasteiger partial charge on any atom is -0.502 e. The highest BCUT2D eigenvalue weighted by molar-refractivity contribution is 5.97. The summed E-state index contributed by atoms with van der Waals surface area (Å²) in [6.07, 6.45) is 1.01. The van der Waals surface area contributed by atoms with Gasteiger partial charge in [-0.2, -0.15) is 0 Å². The molecule has 3 rings (SSSR count). The van der Waals surface area contributed by atoms with E-state index in [1.165, 1.54) is 24.1 Å². The summed E-state index contributed by atoms with van der Waals surface area (Å²) >= 11 is 0. The molecule has 9 heteroatoms. The number of carbonyl (C=O) groups is 2. The Morgan fingerprint density at radius 3 is 2.48 bits per heavy atom. The lowest BCUT2D eigenvalue weighted by atomic mass is 10.2. The second kappa shape index (κ2) is 5.93. The molecule has 0 unspecified atom stereocenters. The van der Waals surface area contributed by atoms with Gasteiger partial charge >= 0.3 is 5.97 Å². The summed E-state index contributed by atoms with van der Waals surface area (Å²) in [5.41, 5.74) is -1.39. The molecule has 0 spiro atoms. The van der Waals surface area contributed by atoms with Crippen molar-refractivity contribution in [3.05, 3.63) is 63.3 Å². The van der Waals surface area contributed by atoms with Gasteiger partial charge in [0.1, 0.15) is 18.0 Å². The molecule has 1 aliphatic heterocycles. The highest BCUT2D eigenvalue weighted by atomic mass is 19.1. The zero-order valence-corrected chi connectivity index (χ0v) is 13.1. The maximum absolute atomic E-state index is 13.1. The Hall–Kier alpha value is -3.36. The van der Waals surface area contributed by atoms with Gasteiger partial charge in [0.2, 0.25) is 5.43 Å². The number of hydrogen-bond acceptors (Lipinski definition) is 5. The Labute approximate surface area is 140 Å². The first kappa shape index (κ1) is 16.5. The number of rotatable bonds is 3. The number of pyridine rings is 1. The van der Waals surface area contributed by atoms with Crippen molar-refractivity contribution in [3.63, 3.8) is 0 Å². The third-order valence-corrected chi connectivity index (χ3v) is 3.90. The van der Waals surface area contributed by atoms with E-state index in [-0.39, 0.29) is 18.9 Å². The molecule has 1 aliphatic rings. The quantitative estimate of drug-likeness (QED) is 0.842. The SMILES string of the molecule is CN1CN(Cc2ccc(F)cc2)n2cc(C(=O)O)c(=O)c(O)c2C1=O. The lowest BCUT2D eigenvalue weighted by Crippen LogP contribution is -2.52. The van der Waals surface area contributed by atoms with Crippen LogP contribution in [0.2, 0.25) is 0 Å². The van der Waals surface area contributed by atoms with Crippen LogP contribution in [-0.4, -0.2) is 45.4 Å². The number of halogens is 1. The van der Waals surface area contributed by atoms with Gasteiger partial charge in [0, 0.05) is 13.2 Å². The first-order valence-electron chi connectivity index (χ1n) is 7.26. The highest BCUT2D eigenvalue weighted by Crippen LogP contribution is 2.21. The number of hydrogen-bond donors (Lipinski definition) is 2. The fraction of sp³-hybridized carbons (Fsp3) is 0.188. The summed E-state index contributed by atoms with van der Waals surface area (Å²) in [5.74, 6) is -3.43. The Kier molecular flexibility index (Phi) is 3.91. The van der Waals surface area contributed by atoms with E-state index in [2.05, 4.69) is 0 Å². The third kappa shape index (κ3) is 2.80. The molecule has 0 radical (unpaired) electrons. The standard InChI is InChI=1S/C16H14FN3O5/c1-18-8-19(6-9-2-4-10(17)5-3-9)20-7-11(16(24)25)13(21)14(22)12(20)15(18)23/h2-5,7,22H,6,8H2,1H3,(H,24,25). The molecule has 2 aromatic rings. The molecule has 2 N–H and O–H groups in total. The molecule has 1 aromatic heterocycles. The third-order valence-electron chi connectivity index (χ3n) is 3.90. The summed E-state index contributed by atoms with van der Waals surface area (Å²) < 4.78 is 14.2. The van der Waals surface area contributed by atoms with Crippen LogP contribution in [0.5, 0.6) is 5.75 Å². The first-order valence-corrected chi connectivity index (χ1v) is 7.26. The number of aromatic carboxylic acids is 1. The molecular formula is C16H14FN3O5. The molecule has 2 heterocycles. The predicted molar refractivity (Wildman–Crippen MR) is 84.6 cm³/mol. The van der Waals surface area contributed by atoms with Gasteiger partial charge in [-0.3, -0.25) is 19.3 Å². The normalized spacial score (nSPS) is 13.8. The molecule has 1 aromatic carbocycles. The number of aromatic hydroxyl groups is 1. The maximum Gasteiger partial charge on any atom is 0.341 e. The molecule has 0 atom stereocenters. The van der Waals surface area contributed by atoms with E-state index < -0.39 is 34.4 Å². The summed E-state index contributed by atoms with van der Waals surface area (Å²) in [6.45, 7) is 0.289. The van der Waals surface area contributed by atoms with Crippen molar-refractivity contribution < 1.29 is 24.2 Å².